The molecule has 0 heterocycles. The first-order valence-electron chi connectivity index (χ1n) is 7.13. The number of methoxy groups -OCH3 is 3. The number of nitrogens with one attached hydrogen (secondary N) is 1. The molecular formula is C16H25NO3. The average molecular weight is 279 g/mol. The van der Waals surface area contributed by atoms with Crippen LogP contribution >= 0.6 is 0 Å². The first-order valence-corrected chi connectivity index (χ1v) is 7.13. The molecule has 1 aliphatic carbocycles. The second-order valence-corrected chi connectivity index (χ2v) is 5.43. The van der Waals surface area contributed by atoms with Gasteiger partial charge in [-0.15, -0.1) is 0 Å². The monoisotopic (exact) mass is 279 g/mol. The van der Waals surface area contributed by atoms with E-state index in [4.69, 9.17) is 14.2 Å². The van der Waals surface area contributed by atoms with Crippen molar-refractivity contribution >= 4 is 0 Å². The predicted octanol–water partition coefficient (Wildman–Crippen LogP) is 2.54. The molecule has 0 spiro atoms. The molecule has 0 radical (unpaired) electrons. The van der Waals surface area contributed by atoms with Crippen LogP contribution in [-0.4, -0.2) is 39.7 Å². The summed E-state index contributed by atoms with van der Waals surface area (Å²) in [6.07, 6.45) is 2.14. The summed E-state index contributed by atoms with van der Waals surface area (Å²) in [5.74, 6) is 1.56. The molecule has 2 rings (SSSR count). The molecule has 0 amide bonds. The topological polar surface area (TPSA) is 39.7 Å². The summed E-state index contributed by atoms with van der Waals surface area (Å²) in [5, 5.41) is 3.57. The number of hydrogen-bond acceptors (Lipinski definition) is 4. The van der Waals surface area contributed by atoms with Crippen LogP contribution in [-0.2, 0) is 9.47 Å². The van der Waals surface area contributed by atoms with Gasteiger partial charge in [0.25, 0.3) is 0 Å². The van der Waals surface area contributed by atoms with Gasteiger partial charge in [-0.3, -0.25) is 0 Å². The zero-order chi connectivity index (χ0) is 14.5. The Labute approximate surface area is 121 Å². The van der Waals surface area contributed by atoms with Crippen LogP contribution in [0.25, 0.3) is 0 Å². The van der Waals surface area contributed by atoms with E-state index >= 15 is 0 Å². The summed E-state index contributed by atoms with van der Waals surface area (Å²) in [7, 11) is 5.04. The van der Waals surface area contributed by atoms with E-state index in [0.29, 0.717) is 12.0 Å². The summed E-state index contributed by atoms with van der Waals surface area (Å²) in [6, 6.07) is 9.14. The summed E-state index contributed by atoms with van der Waals surface area (Å²) >= 11 is 0. The molecule has 1 fully saturated rings. The van der Waals surface area contributed by atoms with Crippen LogP contribution in [0.2, 0.25) is 0 Å². The number of benzene rings is 1. The lowest BCUT2D eigenvalue weighted by Crippen LogP contribution is -2.49. The van der Waals surface area contributed by atoms with Gasteiger partial charge in [0, 0.05) is 20.3 Å². The fourth-order valence-corrected chi connectivity index (χ4v) is 2.86. The highest BCUT2D eigenvalue weighted by molar-refractivity contribution is 5.30. The highest BCUT2D eigenvalue weighted by Crippen LogP contribution is 2.37. The van der Waals surface area contributed by atoms with E-state index in [1.165, 1.54) is 5.56 Å². The Kier molecular flexibility index (Phi) is 5.40. The van der Waals surface area contributed by atoms with E-state index in [9.17, 15) is 0 Å². The maximum Gasteiger partial charge on any atom is 0.171 e. The van der Waals surface area contributed by atoms with Crippen molar-refractivity contribution in [3.05, 3.63) is 29.8 Å². The van der Waals surface area contributed by atoms with Crippen molar-refractivity contribution in [2.75, 3.05) is 21.3 Å². The number of hydrogen-bond donors (Lipinski definition) is 1. The van der Waals surface area contributed by atoms with Crippen LogP contribution in [0.15, 0.2) is 24.3 Å². The first-order chi connectivity index (χ1) is 9.67. The third-order valence-electron chi connectivity index (χ3n) is 4.10. The second-order valence-electron chi connectivity index (χ2n) is 5.43. The van der Waals surface area contributed by atoms with Crippen LogP contribution in [0.3, 0.4) is 0 Å². The van der Waals surface area contributed by atoms with Crippen LogP contribution in [0.1, 0.15) is 31.2 Å². The van der Waals surface area contributed by atoms with E-state index in [1.807, 2.05) is 12.1 Å². The van der Waals surface area contributed by atoms with Crippen LogP contribution in [0, 0.1) is 0 Å². The molecule has 4 nitrogen and oxygen atoms in total. The van der Waals surface area contributed by atoms with E-state index in [-0.39, 0.29) is 12.3 Å². The Balaban J connectivity index is 1.79. The smallest absolute Gasteiger partial charge is 0.171 e. The van der Waals surface area contributed by atoms with Gasteiger partial charge in [-0.05, 0) is 43.4 Å². The predicted molar refractivity (Wildman–Crippen MR) is 79.2 cm³/mol. The molecular weight excluding hydrogens is 254 g/mol. The minimum absolute atomic E-state index is 0.185. The lowest BCUT2D eigenvalue weighted by molar-refractivity contribution is -0.122. The lowest BCUT2D eigenvalue weighted by atomic mass is 9.75. The van der Waals surface area contributed by atoms with Gasteiger partial charge >= 0.3 is 0 Å². The third-order valence-corrected chi connectivity index (χ3v) is 4.10. The fourth-order valence-electron chi connectivity index (χ4n) is 2.86. The summed E-state index contributed by atoms with van der Waals surface area (Å²) in [5.41, 5.74) is 1.39. The highest BCUT2D eigenvalue weighted by atomic mass is 16.7. The molecule has 0 aliphatic heterocycles. The van der Waals surface area contributed by atoms with Gasteiger partial charge in [0.1, 0.15) is 5.75 Å². The van der Waals surface area contributed by atoms with Crippen molar-refractivity contribution in [1.82, 2.24) is 5.32 Å². The molecule has 1 aliphatic rings. The Bertz CT molecular complexity index is 397. The Morgan fingerprint density at radius 2 is 1.65 bits per heavy atom. The Morgan fingerprint density at radius 1 is 1.05 bits per heavy atom. The quantitative estimate of drug-likeness (QED) is 0.779. The molecule has 1 aromatic rings. The minimum atomic E-state index is -0.185. The summed E-state index contributed by atoms with van der Waals surface area (Å²) in [6.45, 7) is 2.10. The Hall–Kier alpha value is -1.10. The zero-order valence-corrected chi connectivity index (χ0v) is 12.8. The molecule has 20 heavy (non-hydrogen) atoms. The fraction of sp³-hybridized carbons (Fsp3) is 0.625. The molecule has 4 heteroatoms. The van der Waals surface area contributed by atoms with E-state index in [0.717, 1.165) is 18.6 Å². The number of ether oxygens (including phenoxy) is 3. The summed E-state index contributed by atoms with van der Waals surface area (Å²) in [4.78, 5) is 0. The molecule has 0 aromatic heterocycles. The van der Waals surface area contributed by atoms with Gasteiger partial charge in [-0.25, -0.2) is 0 Å². The standard InChI is InChI=1S/C16H25NO3/c1-11(16(19-3)20-4)17-14-9-13(10-14)12-5-7-15(18-2)8-6-12/h5-8,11,13-14,16-17H,9-10H2,1-4H3. The number of rotatable bonds is 7. The van der Waals surface area contributed by atoms with Gasteiger partial charge in [-0.1, -0.05) is 12.1 Å². The van der Waals surface area contributed by atoms with Gasteiger partial charge in [0.2, 0.25) is 0 Å². The zero-order valence-electron chi connectivity index (χ0n) is 12.8. The first kappa shape index (κ1) is 15.3. The molecule has 1 unspecified atom stereocenters. The SMILES string of the molecule is COc1ccc(C2CC(NC(C)C(OC)OC)C2)cc1. The van der Waals surface area contributed by atoms with E-state index < -0.39 is 0 Å². The lowest BCUT2D eigenvalue weighted by Gasteiger charge is -2.39. The van der Waals surface area contributed by atoms with Gasteiger partial charge < -0.3 is 19.5 Å². The van der Waals surface area contributed by atoms with Crippen LogP contribution in [0.5, 0.6) is 5.75 Å². The van der Waals surface area contributed by atoms with Crippen molar-refractivity contribution in [2.24, 2.45) is 0 Å². The minimum Gasteiger partial charge on any atom is -0.497 e. The normalized spacial score (nSPS) is 23.4. The van der Waals surface area contributed by atoms with E-state index in [1.54, 1.807) is 21.3 Å². The highest BCUT2D eigenvalue weighted by Gasteiger charge is 2.32. The van der Waals surface area contributed by atoms with Crippen LogP contribution in [0.4, 0.5) is 0 Å². The Morgan fingerprint density at radius 3 is 2.15 bits per heavy atom. The van der Waals surface area contributed by atoms with Gasteiger partial charge in [0.15, 0.2) is 6.29 Å². The molecule has 112 valence electrons. The van der Waals surface area contributed by atoms with Gasteiger partial charge in [-0.2, -0.15) is 0 Å². The van der Waals surface area contributed by atoms with Crippen molar-refractivity contribution in [3.8, 4) is 5.75 Å². The molecule has 0 saturated heterocycles. The van der Waals surface area contributed by atoms with Crippen LogP contribution < -0.4 is 10.1 Å². The second kappa shape index (κ2) is 7.07. The maximum atomic E-state index is 5.27. The molecule has 1 aromatic carbocycles. The summed E-state index contributed by atoms with van der Waals surface area (Å²) < 4.78 is 15.7. The maximum absolute atomic E-state index is 5.27. The molecule has 1 N–H and O–H groups in total. The molecule has 1 atom stereocenters. The van der Waals surface area contributed by atoms with E-state index in [2.05, 4.69) is 24.4 Å². The largest absolute Gasteiger partial charge is 0.497 e. The molecule has 0 bridgehead atoms. The average Bonchev–Trinajstić information content (AvgIpc) is 2.44. The molecule has 1 saturated carbocycles. The third kappa shape index (κ3) is 3.51. The van der Waals surface area contributed by atoms with Crippen molar-refractivity contribution < 1.29 is 14.2 Å². The van der Waals surface area contributed by atoms with Crippen molar-refractivity contribution in [3.63, 3.8) is 0 Å². The van der Waals surface area contributed by atoms with Crippen molar-refractivity contribution in [2.45, 2.75) is 44.1 Å². The van der Waals surface area contributed by atoms with Gasteiger partial charge in [0.05, 0.1) is 13.2 Å². The van der Waals surface area contributed by atoms with Crippen molar-refractivity contribution in [1.29, 1.82) is 0 Å².